The van der Waals surface area contributed by atoms with Gasteiger partial charge in [-0.2, -0.15) is 10.5 Å². The van der Waals surface area contributed by atoms with Gasteiger partial charge in [0.2, 0.25) is 0 Å². The highest BCUT2D eigenvalue weighted by molar-refractivity contribution is 5.46. The molecule has 0 spiro atoms. The van der Waals surface area contributed by atoms with Gasteiger partial charge in [-0.1, -0.05) is 13.0 Å². The van der Waals surface area contributed by atoms with Crippen molar-refractivity contribution in [3.05, 3.63) is 47.3 Å². The molecule has 21 heavy (non-hydrogen) atoms. The lowest BCUT2D eigenvalue weighted by Crippen LogP contribution is -2.18. The number of nitrogens with one attached hydrogen (secondary N) is 1. The van der Waals surface area contributed by atoms with Crippen molar-refractivity contribution in [2.45, 2.75) is 19.9 Å². The Bertz CT molecular complexity index is 735. The fraction of sp³-hybridized carbons (Fsp3) is 0.267. The van der Waals surface area contributed by atoms with Gasteiger partial charge in [-0.25, -0.2) is 9.37 Å². The van der Waals surface area contributed by atoms with Gasteiger partial charge in [-0.05, 0) is 31.2 Å². The van der Waals surface area contributed by atoms with E-state index >= 15 is 0 Å². The van der Waals surface area contributed by atoms with Crippen molar-refractivity contribution in [3.63, 3.8) is 0 Å². The lowest BCUT2D eigenvalue weighted by atomic mass is 10.1. The zero-order chi connectivity index (χ0) is 15.4. The van der Waals surface area contributed by atoms with Crippen LogP contribution in [0.5, 0.6) is 0 Å². The summed E-state index contributed by atoms with van der Waals surface area (Å²) >= 11 is 0. The van der Waals surface area contributed by atoms with Crippen LogP contribution in [0.4, 0.5) is 4.39 Å². The minimum atomic E-state index is -0.462. The van der Waals surface area contributed by atoms with Gasteiger partial charge in [0.05, 0.1) is 5.69 Å². The maximum Gasteiger partial charge on any atom is 0.177 e. The van der Waals surface area contributed by atoms with Crippen LogP contribution >= 0.6 is 0 Å². The van der Waals surface area contributed by atoms with Crippen molar-refractivity contribution in [2.24, 2.45) is 0 Å². The number of hydrogen-bond acceptors (Lipinski definition) is 4. The molecule has 1 aromatic heterocycles. The molecule has 0 saturated carbocycles. The molecule has 106 valence electrons. The molecule has 2 aromatic rings. The lowest BCUT2D eigenvalue weighted by Gasteiger charge is -2.14. The predicted octanol–water partition coefficient (Wildman–Crippen LogP) is 2.43. The molecule has 1 unspecified atom stereocenters. The van der Waals surface area contributed by atoms with Crippen molar-refractivity contribution in [1.29, 1.82) is 10.5 Å². The van der Waals surface area contributed by atoms with Gasteiger partial charge in [-0.15, -0.1) is 0 Å². The second-order valence-corrected chi connectivity index (χ2v) is 4.53. The number of benzene rings is 1. The van der Waals surface area contributed by atoms with Crippen LogP contribution < -0.4 is 5.32 Å². The Morgan fingerprint density at radius 3 is 2.71 bits per heavy atom. The van der Waals surface area contributed by atoms with Crippen LogP contribution in [0.3, 0.4) is 0 Å². The van der Waals surface area contributed by atoms with Crippen LogP contribution in [-0.2, 0) is 0 Å². The highest BCUT2D eigenvalue weighted by Gasteiger charge is 2.15. The average molecular weight is 283 g/mol. The van der Waals surface area contributed by atoms with E-state index in [1.165, 1.54) is 17.0 Å². The number of rotatable bonds is 4. The van der Waals surface area contributed by atoms with E-state index in [9.17, 15) is 4.39 Å². The summed E-state index contributed by atoms with van der Waals surface area (Å²) in [6.45, 7) is 4.72. The summed E-state index contributed by atoms with van der Waals surface area (Å²) in [7, 11) is 0. The van der Waals surface area contributed by atoms with E-state index in [4.69, 9.17) is 10.5 Å². The Balaban J connectivity index is 2.46. The van der Waals surface area contributed by atoms with Crippen LogP contribution in [-0.4, -0.2) is 16.1 Å². The lowest BCUT2D eigenvalue weighted by molar-refractivity contribution is 0.580. The van der Waals surface area contributed by atoms with Crippen LogP contribution in [0.1, 0.15) is 36.8 Å². The molecule has 0 fully saturated rings. The monoisotopic (exact) mass is 283 g/mol. The summed E-state index contributed by atoms with van der Waals surface area (Å²) in [5.41, 5.74) is 1.04. The topological polar surface area (TPSA) is 77.4 Å². The molecule has 5 nitrogen and oxygen atoms in total. The second kappa shape index (κ2) is 6.17. The fourth-order valence-corrected chi connectivity index (χ4v) is 2.13. The first kappa shape index (κ1) is 14.7. The van der Waals surface area contributed by atoms with Gasteiger partial charge < -0.3 is 5.32 Å². The first-order valence-corrected chi connectivity index (χ1v) is 6.53. The van der Waals surface area contributed by atoms with Crippen molar-refractivity contribution >= 4 is 0 Å². The molecule has 1 N–H and O–H groups in total. The molecule has 0 aliphatic rings. The quantitative estimate of drug-likeness (QED) is 0.934. The normalized spacial score (nSPS) is 11.7. The third-order valence-electron chi connectivity index (χ3n) is 3.22. The molecule has 1 heterocycles. The molecule has 6 heteroatoms. The number of aromatic nitrogens is 2. The number of nitrogens with zero attached hydrogens (tertiary/aromatic N) is 4. The molecular formula is C15H14FN5. The molecule has 0 aliphatic heterocycles. The van der Waals surface area contributed by atoms with Gasteiger partial charge in [0.1, 0.15) is 24.3 Å². The standard InChI is InChI=1S/C15H14FN5/c1-3-19-10(2)11-4-5-14(12(16)6-11)21-9-20-13(7-17)15(21)8-18/h4-6,9-10,19H,3H2,1-2H3. The molecule has 0 radical (unpaired) electrons. The molecule has 1 atom stereocenters. The van der Waals surface area contributed by atoms with E-state index in [1.54, 1.807) is 12.1 Å². The van der Waals surface area contributed by atoms with E-state index in [0.29, 0.717) is 0 Å². The van der Waals surface area contributed by atoms with E-state index < -0.39 is 5.82 Å². The summed E-state index contributed by atoms with van der Waals surface area (Å²) in [5.74, 6) is -0.462. The number of hydrogen-bond donors (Lipinski definition) is 1. The summed E-state index contributed by atoms with van der Waals surface area (Å²) in [5, 5.41) is 21.2. The molecule has 0 bridgehead atoms. The minimum Gasteiger partial charge on any atom is -0.310 e. The Labute approximate surface area is 122 Å². The highest BCUT2D eigenvalue weighted by Crippen LogP contribution is 2.21. The average Bonchev–Trinajstić information content (AvgIpc) is 2.90. The third-order valence-corrected chi connectivity index (χ3v) is 3.22. The minimum absolute atomic E-state index is 0.0120. The SMILES string of the molecule is CCNC(C)c1ccc(-n2cnc(C#N)c2C#N)c(F)c1. The Kier molecular flexibility index (Phi) is 4.32. The van der Waals surface area contributed by atoms with Crippen molar-refractivity contribution < 1.29 is 4.39 Å². The maximum absolute atomic E-state index is 14.3. The highest BCUT2D eigenvalue weighted by atomic mass is 19.1. The molecule has 0 saturated heterocycles. The van der Waals surface area contributed by atoms with E-state index in [0.717, 1.165) is 12.1 Å². The van der Waals surface area contributed by atoms with Gasteiger partial charge in [0.15, 0.2) is 11.4 Å². The molecule has 0 aliphatic carbocycles. The van der Waals surface area contributed by atoms with E-state index in [2.05, 4.69) is 10.3 Å². The number of halogens is 1. The van der Waals surface area contributed by atoms with Crippen LogP contribution in [0, 0.1) is 28.5 Å². The fourth-order valence-electron chi connectivity index (χ4n) is 2.13. The molecule has 1 aromatic carbocycles. The first-order valence-electron chi connectivity index (χ1n) is 6.53. The summed E-state index contributed by atoms with van der Waals surface area (Å²) in [4.78, 5) is 3.81. The van der Waals surface area contributed by atoms with Crippen molar-refractivity contribution in [3.8, 4) is 17.8 Å². The maximum atomic E-state index is 14.3. The summed E-state index contributed by atoms with van der Waals surface area (Å²) < 4.78 is 15.6. The predicted molar refractivity (Wildman–Crippen MR) is 75.0 cm³/mol. The first-order chi connectivity index (χ1) is 10.1. The summed E-state index contributed by atoms with van der Waals surface area (Å²) in [6.07, 6.45) is 1.28. The van der Waals surface area contributed by atoms with Gasteiger partial charge in [0, 0.05) is 6.04 Å². The second-order valence-electron chi connectivity index (χ2n) is 4.53. The smallest absolute Gasteiger partial charge is 0.177 e. The Hall–Kier alpha value is -2.70. The Morgan fingerprint density at radius 2 is 2.14 bits per heavy atom. The summed E-state index contributed by atoms with van der Waals surface area (Å²) in [6, 6.07) is 8.53. The van der Waals surface area contributed by atoms with Gasteiger partial charge in [-0.3, -0.25) is 4.57 Å². The largest absolute Gasteiger partial charge is 0.310 e. The van der Waals surface area contributed by atoms with Crippen LogP contribution in [0.2, 0.25) is 0 Å². The zero-order valence-corrected chi connectivity index (χ0v) is 11.8. The Morgan fingerprint density at radius 1 is 1.38 bits per heavy atom. The van der Waals surface area contributed by atoms with Crippen LogP contribution in [0.25, 0.3) is 5.69 Å². The number of imidazole rings is 1. The van der Waals surface area contributed by atoms with Gasteiger partial charge in [0.25, 0.3) is 0 Å². The number of nitriles is 2. The molecule has 0 amide bonds. The molecular weight excluding hydrogens is 269 g/mol. The zero-order valence-electron chi connectivity index (χ0n) is 11.8. The van der Waals surface area contributed by atoms with E-state index in [-0.39, 0.29) is 23.1 Å². The third kappa shape index (κ3) is 2.76. The molecule has 2 rings (SSSR count). The van der Waals surface area contributed by atoms with Crippen LogP contribution in [0.15, 0.2) is 24.5 Å². The van der Waals surface area contributed by atoms with Crippen molar-refractivity contribution in [1.82, 2.24) is 14.9 Å². The van der Waals surface area contributed by atoms with Gasteiger partial charge >= 0.3 is 0 Å². The van der Waals surface area contributed by atoms with E-state index in [1.807, 2.05) is 26.0 Å². The van der Waals surface area contributed by atoms with Crippen molar-refractivity contribution in [2.75, 3.05) is 6.54 Å².